The zero-order chi connectivity index (χ0) is 18.4. The first kappa shape index (κ1) is 19.0. The van der Waals surface area contributed by atoms with Gasteiger partial charge in [0.25, 0.3) is 0 Å². The number of carbonyl (C=O) groups excluding carboxylic acids is 2. The Balaban J connectivity index is 2.02. The molecule has 0 aliphatic carbocycles. The van der Waals surface area contributed by atoms with Crippen LogP contribution in [0.15, 0.2) is 30.3 Å². The molecule has 1 aromatic carbocycles. The van der Waals surface area contributed by atoms with Gasteiger partial charge in [-0.1, -0.05) is 23.7 Å². The number of hydrogen-bond acceptors (Lipinski definition) is 3. The number of benzene rings is 1. The van der Waals surface area contributed by atoms with Gasteiger partial charge in [-0.25, -0.2) is 0 Å². The molecule has 1 saturated heterocycles. The summed E-state index contributed by atoms with van der Waals surface area (Å²) in [4.78, 5) is 38.5. The summed E-state index contributed by atoms with van der Waals surface area (Å²) < 4.78 is 0. The summed E-state index contributed by atoms with van der Waals surface area (Å²) in [5.74, 6) is -1.25. The highest BCUT2D eigenvalue weighted by Gasteiger charge is 2.28. The van der Waals surface area contributed by atoms with Crippen molar-refractivity contribution in [3.8, 4) is 0 Å². The van der Waals surface area contributed by atoms with Crippen LogP contribution in [0.2, 0.25) is 5.02 Å². The SMILES string of the molecule is CC1CN(CCC(=O)O)C(=O)CCN1C(=O)C=Cc1cccc(Cl)c1. The van der Waals surface area contributed by atoms with Gasteiger partial charge < -0.3 is 14.9 Å². The van der Waals surface area contributed by atoms with Gasteiger partial charge >= 0.3 is 5.97 Å². The molecule has 1 heterocycles. The molecule has 1 aliphatic rings. The largest absolute Gasteiger partial charge is 0.481 e. The van der Waals surface area contributed by atoms with Crippen molar-refractivity contribution in [2.45, 2.75) is 25.8 Å². The molecule has 2 rings (SSSR count). The molecular weight excluding hydrogens is 344 g/mol. The Morgan fingerprint density at radius 3 is 2.84 bits per heavy atom. The normalized spacial score (nSPS) is 18.5. The molecule has 1 unspecified atom stereocenters. The quantitative estimate of drug-likeness (QED) is 0.813. The molecule has 1 aliphatic heterocycles. The number of carbonyl (C=O) groups is 3. The van der Waals surface area contributed by atoms with Gasteiger partial charge in [0.2, 0.25) is 11.8 Å². The lowest BCUT2D eigenvalue weighted by Crippen LogP contribution is -2.42. The molecule has 1 N–H and O–H groups in total. The third kappa shape index (κ3) is 5.60. The third-order valence-electron chi connectivity index (χ3n) is 4.08. The van der Waals surface area contributed by atoms with E-state index >= 15 is 0 Å². The number of carboxylic acid groups (broad SMARTS) is 1. The van der Waals surface area contributed by atoms with Crippen LogP contribution in [0.3, 0.4) is 0 Å². The summed E-state index contributed by atoms with van der Waals surface area (Å²) >= 11 is 5.92. The second-order valence-electron chi connectivity index (χ2n) is 6.00. The average Bonchev–Trinajstić information content (AvgIpc) is 2.70. The van der Waals surface area contributed by atoms with Crippen LogP contribution in [-0.4, -0.2) is 58.4 Å². The fourth-order valence-corrected chi connectivity index (χ4v) is 2.96. The van der Waals surface area contributed by atoms with Crippen LogP contribution in [0, 0.1) is 0 Å². The number of hydrogen-bond donors (Lipinski definition) is 1. The lowest BCUT2D eigenvalue weighted by molar-refractivity contribution is -0.138. The van der Waals surface area contributed by atoms with Crippen LogP contribution < -0.4 is 0 Å². The van der Waals surface area contributed by atoms with E-state index < -0.39 is 5.97 Å². The lowest BCUT2D eigenvalue weighted by Gasteiger charge is -2.28. The molecule has 1 aromatic rings. The standard InChI is InChI=1S/C18H21ClN2O4/c1-13-12-20(9-8-18(24)25)16(22)7-10-21(13)17(23)6-5-14-3-2-4-15(19)11-14/h2-6,11,13H,7-10,12H2,1H3,(H,24,25). The van der Waals surface area contributed by atoms with Gasteiger partial charge in [-0.15, -0.1) is 0 Å². The van der Waals surface area contributed by atoms with E-state index in [1.165, 1.54) is 11.0 Å². The lowest BCUT2D eigenvalue weighted by atomic mass is 10.2. The van der Waals surface area contributed by atoms with Crippen molar-refractivity contribution in [2.24, 2.45) is 0 Å². The van der Waals surface area contributed by atoms with Crippen LogP contribution in [0.5, 0.6) is 0 Å². The molecule has 1 atom stereocenters. The maximum atomic E-state index is 12.5. The van der Waals surface area contributed by atoms with E-state index in [1.807, 2.05) is 13.0 Å². The van der Waals surface area contributed by atoms with Gasteiger partial charge in [0.1, 0.15) is 0 Å². The van der Waals surface area contributed by atoms with E-state index in [2.05, 4.69) is 0 Å². The van der Waals surface area contributed by atoms with Gasteiger partial charge in [0.15, 0.2) is 0 Å². The van der Waals surface area contributed by atoms with Gasteiger partial charge in [0.05, 0.1) is 6.42 Å². The molecule has 1 fully saturated rings. The van der Waals surface area contributed by atoms with Gasteiger partial charge in [-0.05, 0) is 30.7 Å². The van der Waals surface area contributed by atoms with Gasteiger partial charge in [0, 0.05) is 43.2 Å². The zero-order valence-electron chi connectivity index (χ0n) is 14.0. The Bertz CT molecular complexity index is 689. The summed E-state index contributed by atoms with van der Waals surface area (Å²) in [7, 11) is 0. The predicted molar refractivity (Wildman–Crippen MR) is 95.1 cm³/mol. The smallest absolute Gasteiger partial charge is 0.305 e. The Morgan fingerprint density at radius 2 is 2.16 bits per heavy atom. The van der Waals surface area contributed by atoms with Crippen molar-refractivity contribution in [2.75, 3.05) is 19.6 Å². The predicted octanol–water partition coefficient (Wildman–Crippen LogP) is 2.28. The van der Waals surface area contributed by atoms with Crippen LogP contribution >= 0.6 is 11.6 Å². The summed E-state index contributed by atoms with van der Waals surface area (Å²) in [6, 6.07) is 6.99. The van der Waals surface area contributed by atoms with Crippen LogP contribution in [-0.2, 0) is 14.4 Å². The fourth-order valence-electron chi connectivity index (χ4n) is 2.76. The van der Waals surface area contributed by atoms with E-state index in [9.17, 15) is 14.4 Å². The van der Waals surface area contributed by atoms with Gasteiger partial charge in [-0.2, -0.15) is 0 Å². The van der Waals surface area contributed by atoms with Crippen molar-refractivity contribution in [1.29, 1.82) is 0 Å². The molecule has 7 heteroatoms. The molecule has 0 saturated carbocycles. The minimum absolute atomic E-state index is 0.0962. The molecule has 0 bridgehead atoms. The number of halogens is 1. The highest BCUT2D eigenvalue weighted by molar-refractivity contribution is 6.30. The minimum atomic E-state index is -0.943. The Morgan fingerprint density at radius 1 is 1.40 bits per heavy atom. The van der Waals surface area contributed by atoms with E-state index in [0.29, 0.717) is 18.1 Å². The molecule has 6 nitrogen and oxygen atoms in total. The molecule has 0 aromatic heterocycles. The Labute approximate surface area is 151 Å². The number of amides is 2. The highest BCUT2D eigenvalue weighted by Crippen LogP contribution is 2.15. The number of aliphatic carboxylic acids is 1. The van der Waals surface area contributed by atoms with Crippen LogP contribution in [0.25, 0.3) is 6.08 Å². The first-order valence-electron chi connectivity index (χ1n) is 8.10. The van der Waals surface area contributed by atoms with Crippen molar-refractivity contribution in [1.82, 2.24) is 9.80 Å². The molecule has 25 heavy (non-hydrogen) atoms. The fraction of sp³-hybridized carbons (Fsp3) is 0.389. The average molecular weight is 365 g/mol. The summed E-state index contributed by atoms with van der Waals surface area (Å²) in [5.41, 5.74) is 0.822. The zero-order valence-corrected chi connectivity index (χ0v) is 14.8. The monoisotopic (exact) mass is 364 g/mol. The highest BCUT2D eigenvalue weighted by atomic mass is 35.5. The summed E-state index contributed by atoms with van der Waals surface area (Å²) in [6.07, 6.45) is 3.26. The molecule has 0 spiro atoms. The number of rotatable bonds is 5. The molecule has 134 valence electrons. The van der Waals surface area contributed by atoms with Crippen molar-refractivity contribution in [3.05, 3.63) is 40.9 Å². The van der Waals surface area contributed by atoms with Crippen LogP contribution in [0.1, 0.15) is 25.3 Å². The Hall–Kier alpha value is -2.34. The van der Waals surface area contributed by atoms with Crippen molar-refractivity contribution >= 4 is 35.5 Å². The third-order valence-corrected chi connectivity index (χ3v) is 4.32. The summed E-state index contributed by atoms with van der Waals surface area (Å²) in [6.45, 7) is 2.68. The van der Waals surface area contributed by atoms with Gasteiger partial charge in [-0.3, -0.25) is 14.4 Å². The van der Waals surface area contributed by atoms with Crippen LogP contribution in [0.4, 0.5) is 0 Å². The maximum absolute atomic E-state index is 12.5. The van der Waals surface area contributed by atoms with E-state index in [-0.39, 0.29) is 37.2 Å². The summed E-state index contributed by atoms with van der Waals surface area (Å²) in [5, 5.41) is 9.38. The maximum Gasteiger partial charge on any atom is 0.305 e. The Kier molecular flexibility index (Phi) is 6.58. The van der Waals surface area contributed by atoms with Crippen molar-refractivity contribution in [3.63, 3.8) is 0 Å². The van der Waals surface area contributed by atoms with Crippen molar-refractivity contribution < 1.29 is 19.5 Å². The number of nitrogens with zero attached hydrogens (tertiary/aromatic N) is 2. The van der Waals surface area contributed by atoms with E-state index in [4.69, 9.17) is 16.7 Å². The molecule has 2 amide bonds. The first-order chi connectivity index (χ1) is 11.9. The second kappa shape index (κ2) is 8.67. The second-order valence-corrected chi connectivity index (χ2v) is 6.44. The minimum Gasteiger partial charge on any atom is -0.481 e. The topological polar surface area (TPSA) is 77.9 Å². The van der Waals surface area contributed by atoms with E-state index in [0.717, 1.165) is 5.56 Å². The molecule has 0 radical (unpaired) electrons. The first-order valence-corrected chi connectivity index (χ1v) is 8.48. The molecular formula is C18H21ClN2O4. The number of carboxylic acids is 1. The van der Waals surface area contributed by atoms with E-state index in [1.54, 1.807) is 29.2 Å².